The first-order valence-corrected chi connectivity index (χ1v) is 9.08. The number of sulfonamides is 1. The van der Waals surface area contributed by atoms with Crippen LogP contribution in [-0.2, 0) is 26.1 Å². The molecule has 2 aromatic carbocycles. The monoisotopic (exact) mass is 363 g/mol. The number of nitrogens with zero attached hydrogens (tertiary/aromatic N) is 1. The fourth-order valence-electron chi connectivity index (χ4n) is 2.40. The van der Waals surface area contributed by atoms with Gasteiger partial charge in [0.1, 0.15) is 12.3 Å². The highest BCUT2D eigenvalue weighted by Crippen LogP contribution is 2.25. The first kappa shape index (κ1) is 19.0. The van der Waals surface area contributed by atoms with E-state index >= 15 is 0 Å². The van der Waals surface area contributed by atoms with Crippen LogP contribution in [0.15, 0.2) is 53.4 Å². The van der Waals surface area contributed by atoms with Crippen LogP contribution in [-0.4, -0.2) is 39.5 Å². The molecule has 0 bridgehead atoms. The van der Waals surface area contributed by atoms with Crippen LogP contribution < -0.4 is 4.74 Å². The van der Waals surface area contributed by atoms with E-state index in [4.69, 9.17) is 4.74 Å². The summed E-state index contributed by atoms with van der Waals surface area (Å²) in [6.07, 6.45) is 0. The van der Waals surface area contributed by atoms with Gasteiger partial charge >= 0.3 is 5.97 Å². The summed E-state index contributed by atoms with van der Waals surface area (Å²) in [4.78, 5) is 11.9. The predicted octanol–water partition coefficient (Wildman–Crippen LogP) is 2.37. The first-order chi connectivity index (χ1) is 11.9. The molecule has 0 atom stereocenters. The Morgan fingerprint density at radius 3 is 2.32 bits per heavy atom. The smallest absolute Gasteiger partial charge is 0.321 e. The molecule has 25 heavy (non-hydrogen) atoms. The molecule has 0 amide bonds. The van der Waals surface area contributed by atoms with Crippen molar-refractivity contribution in [3.63, 3.8) is 0 Å². The third-order valence-corrected chi connectivity index (χ3v) is 5.69. The van der Waals surface area contributed by atoms with Crippen molar-refractivity contribution in [3.05, 3.63) is 59.7 Å². The molecule has 0 radical (unpaired) electrons. The highest BCUT2D eigenvalue weighted by Gasteiger charge is 2.28. The summed E-state index contributed by atoms with van der Waals surface area (Å²) in [5, 5.41) is 0. The lowest BCUT2D eigenvalue weighted by atomic mass is 10.2. The van der Waals surface area contributed by atoms with E-state index in [0.717, 1.165) is 9.87 Å². The number of rotatable bonds is 7. The van der Waals surface area contributed by atoms with E-state index in [1.54, 1.807) is 31.2 Å². The van der Waals surface area contributed by atoms with Crippen molar-refractivity contribution in [1.82, 2.24) is 4.31 Å². The fourth-order valence-corrected chi connectivity index (χ4v) is 3.98. The summed E-state index contributed by atoms with van der Waals surface area (Å²) >= 11 is 0. The molecule has 0 heterocycles. The minimum Gasteiger partial charge on any atom is -0.497 e. The SMILES string of the molecule is COC(=O)CN(Cc1ccccc1)S(=O)(=O)c1ccc(OC)cc1C. The molecule has 2 aromatic rings. The van der Waals surface area contributed by atoms with Gasteiger partial charge in [-0.2, -0.15) is 4.31 Å². The average molecular weight is 363 g/mol. The Balaban J connectivity index is 2.42. The quantitative estimate of drug-likeness (QED) is 0.706. The van der Waals surface area contributed by atoms with Gasteiger partial charge in [0.2, 0.25) is 10.0 Å². The Labute approximate surface area is 148 Å². The zero-order valence-corrected chi connectivity index (χ0v) is 15.2. The van der Waals surface area contributed by atoms with Crippen molar-refractivity contribution in [2.24, 2.45) is 0 Å². The summed E-state index contributed by atoms with van der Waals surface area (Å²) in [6.45, 7) is 1.40. The Morgan fingerprint density at radius 1 is 1.08 bits per heavy atom. The molecular formula is C18H21NO5S. The van der Waals surface area contributed by atoms with Crippen LogP contribution in [0.3, 0.4) is 0 Å². The number of benzene rings is 2. The van der Waals surface area contributed by atoms with E-state index in [1.807, 2.05) is 18.2 Å². The van der Waals surface area contributed by atoms with Crippen molar-refractivity contribution in [1.29, 1.82) is 0 Å². The van der Waals surface area contributed by atoms with E-state index in [1.165, 1.54) is 20.3 Å². The van der Waals surface area contributed by atoms with Gasteiger partial charge in [-0.1, -0.05) is 30.3 Å². The molecule has 0 aromatic heterocycles. The molecule has 6 nitrogen and oxygen atoms in total. The predicted molar refractivity (Wildman–Crippen MR) is 93.8 cm³/mol. The third-order valence-electron chi connectivity index (χ3n) is 3.73. The molecule has 0 unspecified atom stereocenters. The fraction of sp³-hybridized carbons (Fsp3) is 0.278. The van der Waals surface area contributed by atoms with Gasteiger partial charge in [0.05, 0.1) is 19.1 Å². The summed E-state index contributed by atoms with van der Waals surface area (Å²) in [5.41, 5.74) is 1.32. The van der Waals surface area contributed by atoms with Crippen LogP contribution in [0.2, 0.25) is 0 Å². The van der Waals surface area contributed by atoms with Crippen LogP contribution in [0.5, 0.6) is 5.75 Å². The maximum absolute atomic E-state index is 13.1. The lowest BCUT2D eigenvalue weighted by Gasteiger charge is -2.22. The van der Waals surface area contributed by atoms with Crippen molar-refractivity contribution in [2.75, 3.05) is 20.8 Å². The van der Waals surface area contributed by atoms with Crippen molar-refractivity contribution < 1.29 is 22.7 Å². The number of methoxy groups -OCH3 is 2. The molecular weight excluding hydrogens is 342 g/mol. The molecule has 0 N–H and O–H groups in total. The van der Waals surface area contributed by atoms with E-state index in [9.17, 15) is 13.2 Å². The van der Waals surface area contributed by atoms with Crippen molar-refractivity contribution in [3.8, 4) is 5.75 Å². The van der Waals surface area contributed by atoms with Gasteiger partial charge < -0.3 is 9.47 Å². The topological polar surface area (TPSA) is 72.9 Å². The minimum atomic E-state index is -3.88. The van der Waals surface area contributed by atoms with E-state index in [0.29, 0.717) is 11.3 Å². The number of carbonyl (C=O) groups is 1. The summed E-state index contributed by atoms with van der Waals surface area (Å²) < 4.78 is 37.1. The molecule has 0 fully saturated rings. The van der Waals surface area contributed by atoms with Gasteiger partial charge in [0.25, 0.3) is 0 Å². The number of ether oxygens (including phenoxy) is 2. The average Bonchev–Trinajstić information content (AvgIpc) is 2.61. The number of aryl methyl sites for hydroxylation is 1. The zero-order chi connectivity index (χ0) is 18.4. The third kappa shape index (κ3) is 4.58. The maximum Gasteiger partial charge on any atom is 0.321 e. The number of hydrogen-bond donors (Lipinski definition) is 0. The lowest BCUT2D eigenvalue weighted by molar-refractivity contribution is -0.140. The van der Waals surface area contributed by atoms with Crippen molar-refractivity contribution in [2.45, 2.75) is 18.4 Å². The zero-order valence-electron chi connectivity index (χ0n) is 14.4. The maximum atomic E-state index is 13.1. The highest BCUT2D eigenvalue weighted by atomic mass is 32.2. The second-order valence-corrected chi connectivity index (χ2v) is 7.37. The Bertz CT molecular complexity index is 834. The van der Waals surface area contributed by atoms with Crippen LogP contribution in [0.4, 0.5) is 0 Å². The number of esters is 1. The van der Waals surface area contributed by atoms with Gasteiger partial charge in [0.15, 0.2) is 0 Å². The largest absolute Gasteiger partial charge is 0.497 e. The lowest BCUT2D eigenvalue weighted by Crippen LogP contribution is -2.36. The molecule has 2 rings (SSSR count). The van der Waals surface area contributed by atoms with Crippen LogP contribution in [0, 0.1) is 6.92 Å². The van der Waals surface area contributed by atoms with E-state index in [2.05, 4.69) is 4.74 Å². The Hall–Kier alpha value is -2.38. The first-order valence-electron chi connectivity index (χ1n) is 7.64. The second-order valence-electron chi connectivity index (χ2n) is 5.47. The van der Waals surface area contributed by atoms with Gasteiger partial charge in [-0.25, -0.2) is 8.42 Å². The summed E-state index contributed by atoms with van der Waals surface area (Å²) in [5.74, 6) is -0.0512. The molecule has 0 aliphatic carbocycles. The van der Waals surface area contributed by atoms with Crippen LogP contribution >= 0.6 is 0 Å². The number of hydrogen-bond acceptors (Lipinski definition) is 5. The van der Waals surface area contributed by atoms with Gasteiger partial charge in [-0.15, -0.1) is 0 Å². The number of carbonyl (C=O) groups excluding carboxylic acids is 1. The molecule has 0 aliphatic heterocycles. The summed E-state index contributed by atoms with van der Waals surface area (Å²) in [7, 11) is -1.14. The minimum absolute atomic E-state index is 0.0732. The molecule has 7 heteroatoms. The highest BCUT2D eigenvalue weighted by molar-refractivity contribution is 7.89. The summed E-state index contributed by atoms with van der Waals surface area (Å²) in [6, 6.07) is 13.8. The Morgan fingerprint density at radius 2 is 1.76 bits per heavy atom. The van der Waals surface area contributed by atoms with Crippen LogP contribution in [0.25, 0.3) is 0 Å². The second kappa shape index (κ2) is 8.13. The molecule has 0 saturated heterocycles. The molecule has 0 aliphatic rings. The normalized spacial score (nSPS) is 11.4. The van der Waals surface area contributed by atoms with Gasteiger partial charge in [-0.05, 0) is 36.2 Å². The van der Waals surface area contributed by atoms with Gasteiger partial charge in [0, 0.05) is 6.54 Å². The van der Waals surface area contributed by atoms with Gasteiger partial charge in [-0.3, -0.25) is 4.79 Å². The standard InChI is InChI=1S/C18H21NO5S/c1-14-11-16(23-2)9-10-17(14)25(21,22)19(13-18(20)24-3)12-15-7-5-4-6-8-15/h4-11H,12-13H2,1-3H3. The Kier molecular flexibility index (Phi) is 6.17. The van der Waals surface area contributed by atoms with Crippen LogP contribution in [0.1, 0.15) is 11.1 Å². The molecule has 0 saturated carbocycles. The molecule has 0 spiro atoms. The van der Waals surface area contributed by atoms with E-state index < -0.39 is 16.0 Å². The molecule has 134 valence electrons. The van der Waals surface area contributed by atoms with Crippen molar-refractivity contribution >= 4 is 16.0 Å². The van der Waals surface area contributed by atoms with E-state index in [-0.39, 0.29) is 18.0 Å².